The van der Waals surface area contributed by atoms with Gasteiger partial charge in [-0.15, -0.1) is 0 Å². The summed E-state index contributed by atoms with van der Waals surface area (Å²) in [4.78, 5) is 2.44. The number of aryl methyl sites for hydroxylation is 2. The third kappa shape index (κ3) is 5.48. The predicted molar refractivity (Wildman–Crippen MR) is 232 cm³/mol. The van der Waals surface area contributed by atoms with Crippen LogP contribution in [0.25, 0.3) is 66.4 Å². The summed E-state index contributed by atoms with van der Waals surface area (Å²) < 4.78 is 6.69. The lowest BCUT2D eigenvalue weighted by Gasteiger charge is -2.30. The molecule has 2 nitrogen and oxygen atoms in total. The van der Waals surface area contributed by atoms with Crippen LogP contribution in [0.2, 0.25) is 0 Å². The van der Waals surface area contributed by atoms with E-state index in [9.17, 15) is 0 Å². The Kier molecular flexibility index (Phi) is 7.64. The van der Waals surface area contributed by atoms with E-state index in [1.165, 1.54) is 61.2 Å². The molecule has 0 saturated carbocycles. The summed E-state index contributed by atoms with van der Waals surface area (Å²) in [5.41, 5.74) is 19.9. The summed E-state index contributed by atoms with van der Waals surface area (Å²) in [6, 6.07) is 64.1. The maximum atomic E-state index is 6.69. The van der Waals surface area contributed by atoms with Crippen LogP contribution in [0.4, 0.5) is 17.1 Å². The first kappa shape index (κ1) is 33.0. The Morgan fingerprint density at radius 3 is 1.84 bits per heavy atom. The molecule has 1 heterocycles. The third-order valence-electron chi connectivity index (χ3n) is 11.5. The summed E-state index contributed by atoms with van der Waals surface area (Å²) in [5.74, 6) is 0. The molecule has 0 bridgehead atoms. The van der Waals surface area contributed by atoms with Gasteiger partial charge in [0.2, 0.25) is 0 Å². The van der Waals surface area contributed by atoms with E-state index < -0.39 is 0 Å². The Bertz CT molecular complexity index is 2880. The lowest BCUT2D eigenvalue weighted by Crippen LogP contribution is -2.17. The van der Waals surface area contributed by atoms with Crippen LogP contribution in [0.15, 0.2) is 180 Å². The zero-order valence-corrected chi connectivity index (χ0v) is 31.6. The van der Waals surface area contributed by atoms with E-state index in [0.717, 1.165) is 44.6 Å². The average molecular weight is 708 g/mol. The smallest absolute Gasteiger partial charge is 0.137 e. The molecule has 1 aliphatic carbocycles. The van der Waals surface area contributed by atoms with Crippen molar-refractivity contribution in [3.05, 3.63) is 198 Å². The van der Waals surface area contributed by atoms with E-state index in [-0.39, 0.29) is 5.41 Å². The van der Waals surface area contributed by atoms with Crippen molar-refractivity contribution < 1.29 is 4.42 Å². The fourth-order valence-electron chi connectivity index (χ4n) is 8.95. The van der Waals surface area contributed by atoms with Crippen LogP contribution in [-0.2, 0) is 5.41 Å². The van der Waals surface area contributed by atoms with E-state index in [2.05, 4.69) is 209 Å². The molecule has 0 N–H and O–H groups in total. The predicted octanol–water partition coefficient (Wildman–Crippen LogP) is 15.0. The van der Waals surface area contributed by atoms with Gasteiger partial charge in [-0.2, -0.15) is 0 Å². The van der Waals surface area contributed by atoms with Gasteiger partial charge >= 0.3 is 0 Å². The topological polar surface area (TPSA) is 16.4 Å². The second kappa shape index (κ2) is 12.7. The quantitative estimate of drug-likeness (QED) is 0.171. The monoisotopic (exact) mass is 707 g/mol. The van der Waals surface area contributed by atoms with Crippen molar-refractivity contribution in [2.45, 2.75) is 33.1 Å². The Morgan fingerprint density at radius 2 is 1.09 bits per heavy atom. The number of furan rings is 1. The summed E-state index contributed by atoms with van der Waals surface area (Å²) >= 11 is 0. The SMILES string of the molecule is Cc1cc(C)cc(-c2ccc(N(c3cc(-c4ccccc4)c4c(c3)C(C)(C)c3ccccc3-4)c3cccc4oc5cc(-c6ccccc6)ccc5c34)cc2)c1. The number of nitrogens with zero attached hydrogens (tertiary/aromatic N) is 1. The molecule has 0 spiro atoms. The molecular weight excluding hydrogens is 667 g/mol. The molecule has 0 saturated heterocycles. The van der Waals surface area contributed by atoms with Crippen molar-refractivity contribution in [1.82, 2.24) is 0 Å². The minimum absolute atomic E-state index is 0.188. The maximum absolute atomic E-state index is 6.69. The van der Waals surface area contributed by atoms with Crippen molar-refractivity contribution in [3.8, 4) is 44.5 Å². The number of hydrogen-bond acceptors (Lipinski definition) is 2. The number of anilines is 3. The molecule has 0 aliphatic heterocycles. The number of hydrogen-bond donors (Lipinski definition) is 0. The average Bonchev–Trinajstić information content (AvgIpc) is 3.70. The van der Waals surface area contributed by atoms with Crippen molar-refractivity contribution >= 4 is 39.0 Å². The maximum Gasteiger partial charge on any atom is 0.137 e. The van der Waals surface area contributed by atoms with Gasteiger partial charge in [0, 0.05) is 22.2 Å². The van der Waals surface area contributed by atoms with Gasteiger partial charge in [-0.05, 0) is 118 Å². The van der Waals surface area contributed by atoms with Gasteiger partial charge < -0.3 is 9.32 Å². The minimum atomic E-state index is -0.188. The fraction of sp³-hybridized carbons (Fsp3) is 0.0943. The molecule has 1 aliphatic rings. The van der Waals surface area contributed by atoms with Gasteiger partial charge in [0.05, 0.1) is 11.1 Å². The third-order valence-corrected chi connectivity index (χ3v) is 11.5. The zero-order valence-electron chi connectivity index (χ0n) is 31.6. The van der Waals surface area contributed by atoms with Crippen molar-refractivity contribution in [2.75, 3.05) is 4.90 Å². The molecule has 8 aromatic carbocycles. The molecule has 9 aromatic rings. The molecule has 264 valence electrons. The van der Waals surface area contributed by atoms with E-state index in [4.69, 9.17) is 4.42 Å². The highest BCUT2D eigenvalue weighted by atomic mass is 16.3. The van der Waals surface area contributed by atoms with Crippen molar-refractivity contribution in [2.24, 2.45) is 0 Å². The van der Waals surface area contributed by atoms with Gasteiger partial charge in [-0.25, -0.2) is 0 Å². The highest BCUT2D eigenvalue weighted by molar-refractivity contribution is 6.14. The van der Waals surface area contributed by atoms with Crippen LogP contribution in [0.5, 0.6) is 0 Å². The van der Waals surface area contributed by atoms with Crippen LogP contribution < -0.4 is 4.90 Å². The molecule has 0 amide bonds. The molecule has 2 heteroatoms. The first-order valence-electron chi connectivity index (χ1n) is 19.2. The second-order valence-electron chi connectivity index (χ2n) is 15.5. The zero-order chi connectivity index (χ0) is 37.3. The number of fused-ring (bicyclic) bond motifs is 6. The highest BCUT2D eigenvalue weighted by Gasteiger charge is 2.38. The normalized spacial score (nSPS) is 12.9. The molecule has 0 radical (unpaired) electrons. The lowest BCUT2D eigenvalue weighted by atomic mass is 9.81. The first-order chi connectivity index (χ1) is 26.8. The van der Waals surface area contributed by atoms with E-state index in [0.29, 0.717) is 0 Å². The number of rotatable bonds is 6. The molecule has 0 unspecified atom stereocenters. The van der Waals surface area contributed by atoms with Gasteiger partial charge in [-0.1, -0.05) is 152 Å². The molecule has 0 fully saturated rings. The Hall–Kier alpha value is -6.64. The lowest BCUT2D eigenvalue weighted by molar-refractivity contribution is 0.660. The summed E-state index contributed by atoms with van der Waals surface area (Å²) in [6.07, 6.45) is 0. The van der Waals surface area contributed by atoms with Gasteiger partial charge in [0.1, 0.15) is 11.2 Å². The fourth-order valence-corrected chi connectivity index (χ4v) is 8.95. The van der Waals surface area contributed by atoms with Gasteiger partial charge in [0.15, 0.2) is 0 Å². The molecule has 1 aromatic heterocycles. The van der Waals surface area contributed by atoms with Crippen molar-refractivity contribution in [1.29, 1.82) is 0 Å². The van der Waals surface area contributed by atoms with Crippen LogP contribution in [0, 0.1) is 13.8 Å². The van der Waals surface area contributed by atoms with Crippen molar-refractivity contribution in [3.63, 3.8) is 0 Å². The second-order valence-corrected chi connectivity index (χ2v) is 15.5. The summed E-state index contributed by atoms with van der Waals surface area (Å²) in [7, 11) is 0. The Balaban J connectivity index is 1.23. The van der Waals surface area contributed by atoms with Crippen LogP contribution in [-0.4, -0.2) is 0 Å². The van der Waals surface area contributed by atoms with E-state index >= 15 is 0 Å². The van der Waals surface area contributed by atoms with Crippen LogP contribution >= 0.6 is 0 Å². The largest absolute Gasteiger partial charge is 0.456 e. The molecule has 55 heavy (non-hydrogen) atoms. The van der Waals surface area contributed by atoms with Gasteiger partial charge in [-0.3, -0.25) is 0 Å². The first-order valence-corrected chi connectivity index (χ1v) is 19.2. The van der Waals surface area contributed by atoms with E-state index in [1.54, 1.807) is 0 Å². The van der Waals surface area contributed by atoms with E-state index in [1.807, 2.05) is 0 Å². The number of benzene rings is 8. The summed E-state index contributed by atoms with van der Waals surface area (Å²) in [6.45, 7) is 9.08. The highest BCUT2D eigenvalue weighted by Crippen LogP contribution is 2.55. The van der Waals surface area contributed by atoms with Crippen LogP contribution in [0.1, 0.15) is 36.1 Å². The van der Waals surface area contributed by atoms with Gasteiger partial charge in [0.25, 0.3) is 0 Å². The Morgan fingerprint density at radius 1 is 0.436 bits per heavy atom. The molecular formula is C53H41NO. The van der Waals surface area contributed by atoms with Crippen LogP contribution in [0.3, 0.4) is 0 Å². The standard InChI is InChI=1S/C53H41NO/c1-34-28-35(2)30-40(29-34)37-22-25-41(26-23-37)54(48-20-13-21-49-52(48)44-27-24-39(31-50(44)55-49)36-14-7-5-8-15-36)42-32-45(38-16-9-6-10-17-38)51-43-18-11-12-19-46(43)53(3,4)47(51)33-42/h5-33H,1-4H3. The summed E-state index contributed by atoms with van der Waals surface area (Å²) in [5, 5.41) is 2.19. The Labute approximate surface area is 323 Å². The molecule has 0 atom stereocenters. The molecule has 10 rings (SSSR count). The minimum Gasteiger partial charge on any atom is -0.456 e.